The Morgan fingerprint density at radius 1 is 1.44 bits per heavy atom. The molecule has 0 radical (unpaired) electrons. The first-order valence-corrected chi connectivity index (χ1v) is 3.86. The zero-order chi connectivity index (χ0) is 7.11. The first-order chi connectivity index (χ1) is 4.31. The lowest BCUT2D eigenvalue weighted by atomic mass is 10.0. The highest BCUT2D eigenvalue weighted by Gasteiger charge is 1.88. The smallest absolute Gasteiger partial charge is 0.0537 e. The second-order valence-electron chi connectivity index (χ2n) is 2.67. The number of nitrogens with two attached hydrogens (primary N) is 1. The van der Waals surface area contributed by atoms with Gasteiger partial charge in [0.1, 0.15) is 0 Å². The predicted molar refractivity (Wildman–Crippen MR) is 41.8 cm³/mol. The van der Waals surface area contributed by atoms with Crippen molar-refractivity contribution in [3.8, 4) is 0 Å². The van der Waals surface area contributed by atoms with Crippen LogP contribution in [0.2, 0.25) is 0 Å². The Morgan fingerprint density at radius 3 is 2.56 bits per heavy atom. The summed E-state index contributed by atoms with van der Waals surface area (Å²) in [6.45, 7) is 6.17. The molecule has 0 fully saturated rings. The molecule has 0 heterocycles. The summed E-state index contributed by atoms with van der Waals surface area (Å²) in [5, 5.41) is 0. The van der Waals surface area contributed by atoms with Crippen LogP contribution in [0.1, 0.15) is 39.5 Å². The van der Waals surface area contributed by atoms with Gasteiger partial charge in [-0.1, -0.05) is 39.5 Å². The molecule has 1 heteroatoms. The van der Waals surface area contributed by atoms with E-state index in [9.17, 15) is 0 Å². The number of hydrogen-bond acceptors (Lipinski definition) is 1. The van der Waals surface area contributed by atoms with Crippen molar-refractivity contribution in [2.75, 3.05) is 0 Å². The molecule has 0 aromatic rings. The average Bonchev–Trinajstić information content (AvgIpc) is 1.89. The standard InChI is InChI=1S/C8H18N/c1-3-4-5-6-8(2)7-9/h7-8H,3-6,9H2,1-2H3/q-1. The fourth-order valence-electron chi connectivity index (χ4n) is 0.813. The van der Waals surface area contributed by atoms with Crippen molar-refractivity contribution in [3.63, 3.8) is 0 Å². The fraction of sp³-hybridized carbons (Fsp3) is 0.875. The lowest BCUT2D eigenvalue weighted by Gasteiger charge is -2.15. The normalized spacial score (nSPS) is 13.7. The van der Waals surface area contributed by atoms with E-state index in [0.29, 0.717) is 5.92 Å². The van der Waals surface area contributed by atoms with Crippen molar-refractivity contribution < 1.29 is 0 Å². The third-order valence-electron chi connectivity index (χ3n) is 1.59. The molecule has 0 aliphatic carbocycles. The quantitative estimate of drug-likeness (QED) is 0.446. The van der Waals surface area contributed by atoms with Crippen LogP contribution in [0.3, 0.4) is 0 Å². The molecule has 2 N–H and O–H groups in total. The predicted octanol–water partition coefficient (Wildman–Crippen LogP) is 2.32. The molecule has 0 rings (SSSR count). The van der Waals surface area contributed by atoms with Crippen molar-refractivity contribution in [1.82, 2.24) is 0 Å². The summed E-state index contributed by atoms with van der Waals surface area (Å²) in [7, 11) is 0. The van der Waals surface area contributed by atoms with Crippen LogP contribution in [0.15, 0.2) is 0 Å². The van der Waals surface area contributed by atoms with Gasteiger partial charge in [-0.05, 0) is 0 Å². The van der Waals surface area contributed by atoms with E-state index in [0.717, 1.165) is 0 Å². The van der Waals surface area contributed by atoms with Crippen LogP contribution < -0.4 is 5.73 Å². The van der Waals surface area contributed by atoms with Gasteiger partial charge in [0.25, 0.3) is 0 Å². The highest BCUT2D eigenvalue weighted by Crippen LogP contribution is 2.08. The monoisotopic (exact) mass is 128 g/mol. The SMILES string of the molecule is CCCCCC(C)[CH-]N. The van der Waals surface area contributed by atoms with Gasteiger partial charge in [0.15, 0.2) is 0 Å². The van der Waals surface area contributed by atoms with Gasteiger partial charge in [-0.25, -0.2) is 0 Å². The van der Waals surface area contributed by atoms with Crippen molar-refractivity contribution >= 4 is 0 Å². The molecule has 0 aromatic heterocycles. The van der Waals surface area contributed by atoms with E-state index < -0.39 is 0 Å². The first kappa shape index (κ1) is 8.96. The highest BCUT2D eigenvalue weighted by atomic mass is 14.5. The van der Waals surface area contributed by atoms with E-state index in [-0.39, 0.29) is 0 Å². The second-order valence-corrected chi connectivity index (χ2v) is 2.67. The van der Waals surface area contributed by atoms with Crippen molar-refractivity contribution in [2.45, 2.75) is 39.5 Å². The molecule has 0 bridgehead atoms. The average molecular weight is 128 g/mol. The van der Waals surface area contributed by atoms with Crippen LogP contribution in [0.5, 0.6) is 0 Å². The molecule has 9 heavy (non-hydrogen) atoms. The fourth-order valence-corrected chi connectivity index (χ4v) is 0.813. The van der Waals surface area contributed by atoms with Crippen LogP contribution >= 0.6 is 0 Å². The molecule has 0 aliphatic rings. The minimum atomic E-state index is 0.608. The molecule has 56 valence electrons. The summed E-state index contributed by atoms with van der Waals surface area (Å²) in [6.07, 6.45) is 5.23. The van der Waals surface area contributed by atoms with Crippen LogP contribution in [-0.4, -0.2) is 0 Å². The van der Waals surface area contributed by atoms with Crippen molar-refractivity contribution in [2.24, 2.45) is 11.7 Å². The molecular weight excluding hydrogens is 110 g/mol. The maximum Gasteiger partial charge on any atom is -0.0537 e. The second kappa shape index (κ2) is 6.09. The third-order valence-corrected chi connectivity index (χ3v) is 1.59. The Labute approximate surface area is 58.6 Å². The molecule has 1 nitrogen and oxygen atoms in total. The van der Waals surface area contributed by atoms with E-state index in [1.807, 2.05) is 0 Å². The molecule has 0 spiro atoms. The number of unbranched alkanes of at least 4 members (excludes halogenated alkanes) is 2. The third kappa shape index (κ3) is 5.84. The van der Waals surface area contributed by atoms with Gasteiger partial charge < -0.3 is 5.73 Å². The Bertz CT molecular complexity index is 52.5. The van der Waals surface area contributed by atoms with Gasteiger partial charge in [0.05, 0.1) is 0 Å². The summed E-state index contributed by atoms with van der Waals surface area (Å²) >= 11 is 0. The van der Waals surface area contributed by atoms with E-state index in [4.69, 9.17) is 5.73 Å². The van der Waals surface area contributed by atoms with E-state index in [2.05, 4.69) is 13.8 Å². The molecule has 0 saturated heterocycles. The Morgan fingerprint density at radius 2 is 2.11 bits per heavy atom. The van der Waals surface area contributed by atoms with Gasteiger partial charge in [-0.3, -0.25) is 6.54 Å². The minimum absolute atomic E-state index is 0.608. The molecule has 0 aromatic carbocycles. The first-order valence-electron chi connectivity index (χ1n) is 3.86. The Balaban J connectivity index is 2.88. The maximum atomic E-state index is 5.33. The summed E-state index contributed by atoms with van der Waals surface area (Å²) in [5.74, 6) is 0.608. The number of hydrogen-bond donors (Lipinski definition) is 1. The summed E-state index contributed by atoms with van der Waals surface area (Å²) < 4.78 is 0. The lowest BCUT2D eigenvalue weighted by Crippen LogP contribution is -2.02. The number of rotatable bonds is 5. The largest absolute Gasteiger partial charge is 0.483 e. The van der Waals surface area contributed by atoms with Gasteiger partial charge in [-0.2, -0.15) is 5.92 Å². The molecular formula is C8H18N-. The zero-order valence-electron chi connectivity index (χ0n) is 6.56. The summed E-state index contributed by atoms with van der Waals surface area (Å²) in [4.78, 5) is 0. The van der Waals surface area contributed by atoms with Crippen molar-refractivity contribution in [1.29, 1.82) is 0 Å². The van der Waals surface area contributed by atoms with Gasteiger partial charge in [0, 0.05) is 0 Å². The van der Waals surface area contributed by atoms with Crippen molar-refractivity contribution in [3.05, 3.63) is 6.54 Å². The van der Waals surface area contributed by atoms with E-state index in [1.165, 1.54) is 25.7 Å². The zero-order valence-corrected chi connectivity index (χ0v) is 6.56. The van der Waals surface area contributed by atoms with E-state index in [1.54, 1.807) is 6.54 Å². The maximum absolute atomic E-state index is 5.33. The summed E-state index contributed by atoms with van der Waals surface area (Å²) in [5.41, 5.74) is 5.33. The Kier molecular flexibility index (Phi) is 6.06. The van der Waals surface area contributed by atoms with Gasteiger partial charge >= 0.3 is 0 Å². The minimum Gasteiger partial charge on any atom is -0.483 e. The van der Waals surface area contributed by atoms with Crippen LogP contribution in [-0.2, 0) is 0 Å². The molecule has 1 unspecified atom stereocenters. The molecule has 0 saturated carbocycles. The molecule has 0 amide bonds. The summed E-state index contributed by atoms with van der Waals surface area (Å²) in [6, 6.07) is 0. The van der Waals surface area contributed by atoms with Crippen LogP contribution in [0.4, 0.5) is 0 Å². The van der Waals surface area contributed by atoms with Crippen LogP contribution in [0, 0.1) is 12.5 Å². The highest BCUT2D eigenvalue weighted by molar-refractivity contribution is 4.63. The van der Waals surface area contributed by atoms with Gasteiger partial charge in [0.2, 0.25) is 0 Å². The Hall–Kier alpha value is -0.0400. The van der Waals surface area contributed by atoms with Gasteiger partial charge in [-0.15, -0.1) is 0 Å². The topological polar surface area (TPSA) is 26.0 Å². The molecule has 1 atom stereocenters. The molecule has 0 aliphatic heterocycles. The van der Waals surface area contributed by atoms with E-state index >= 15 is 0 Å². The lowest BCUT2D eigenvalue weighted by molar-refractivity contribution is 0.545. The van der Waals surface area contributed by atoms with Crippen LogP contribution in [0.25, 0.3) is 0 Å².